The summed E-state index contributed by atoms with van der Waals surface area (Å²) in [6, 6.07) is 21.2. The zero-order valence-electron chi connectivity index (χ0n) is 67.3. The quantitative estimate of drug-likeness (QED) is 0.101. The molecule has 0 atom stereocenters. The Kier molecular flexibility index (Phi) is 7.64. The van der Waals surface area contributed by atoms with Crippen LogP contribution in [0, 0.1) is 13.2 Å². The minimum atomic E-state index is -2.87. The molecule has 0 fully saturated rings. The minimum absolute atomic E-state index is 0.128. The molecule has 3 heterocycles. The molecule has 0 radical (unpaired) electrons. The number of para-hydroxylation sites is 1. The molecule has 0 spiro atoms. The van der Waals surface area contributed by atoms with Gasteiger partial charge in [-0.05, 0) is 145 Å². The van der Waals surface area contributed by atoms with Crippen molar-refractivity contribution in [1.82, 2.24) is 14.1 Å². The van der Waals surface area contributed by atoms with Crippen LogP contribution in [0.2, 0.25) is 0 Å². The van der Waals surface area contributed by atoms with Crippen molar-refractivity contribution < 1.29 is 40.8 Å². The zero-order chi connectivity index (χ0) is 74.6. The van der Waals surface area contributed by atoms with Crippen molar-refractivity contribution in [3.63, 3.8) is 0 Å². The Hall–Kier alpha value is -9.58. The van der Waals surface area contributed by atoms with E-state index in [0.29, 0.717) is 38.9 Å². The highest BCUT2D eigenvalue weighted by molar-refractivity contribution is 6.09. The number of pyridine rings is 1. The second-order valence-corrected chi connectivity index (χ2v) is 21.4. The van der Waals surface area contributed by atoms with Gasteiger partial charge in [-0.2, -0.15) is 0 Å². The Bertz CT molecular complexity index is 5580. The van der Waals surface area contributed by atoms with E-state index in [1.54, 1.807) is 57.7 Å². The van der Waals surface area contributed by atoms with Crippen LogP contribution in [0.4, 0.5) is 0 Å². The Morgan fingerprint density at radius 2 is 1.05 bits per heavy atom. The van der Waals surface area contributed by atoms with Crippen LogP contribution in [-0.2, 0) is 10.8 Å². The van der Waals surface area contributed by atoms with E-state index in [1.165, 1.54) is 29.0 Å². The number of benzene rings is 10. The third kappa shape index (κ3) is 9.35. The van der Waals surface area contributed by atoms with Crippen LogP contribution in [0.1, 0.15) is 89.8 Å². The Labute approximate surface area is 501 Å². The van der Waals surface area contributed by atoms with Crippen LogP contribution in [0.25, 0.3) is 106 Å². The summed E-state index contributed by atoms with van der Waals surface area (Å²) in [6.45, 7) is 9.84. The van der Waals surface area contributed by atoms with Crippen molar-refractivity contribution in [3.8, 4) is 84.3 Å². The number of aromatic nitrogens is 4. The molecule has 0 unspecified atom stereocenters. The third-order valence-corrected chi connectivity index (χ3v) is 14.2. The molecular weight excluding hydrogens is 973 g/mol. The molecule has 0 N–H and O–H groups in total. The molecule has 80 heavy (non-hydrogen) atoms. The predicted octanol–water partition coefficient (Wildman–Crippen LogP) is 19.2. The highest BCUT2D eigenvalue weighted by Gasteiger charge is 2.25. The van der Waals surface area contributed by atoms with Gasteiger partial charge in [0.15, 0.2) is 0 Å². The van der Waals surface area contributed by atoms with E-state index in [4.69, 9.17) is 33.0 Å². The fourth-order valence-corrected chi connectivity index (χ4v) is 10.1. The summed E-state index contributed by atoms with van der Waals surface area (Å²) in [7, 11) is 0. The molecule has 13 aromatic rings. The van der Waals surface area contributed by atoms with Gasteiger partial charge in [0, 0.05) is 32.7 Å². The maximum absolute atomic E-state index is 9.55. The van der Waals surface area contributed by atoms with Crippen molar-refractivity contribution in [2.45, 2.75) is 59.2 Å². The van der Waals surface area contributed by atoms with Gasteiger partial charge in [0.05, 0.1) is 60.9 Å². The first-order valence-corrected chi connectivity index (χ1v) is 25.8. The summed E-state index contributed by atoms with van der Waals surface area (Å²) < 4.78 is 216. The van der Waals surface area contributed by atoms with E-state index in [9.17, 15) is 8.22 Å². The van der Waals surface area contributed by atoms with Crippen LogP contribution in [-0.4, -0.2) is 14.1 Å². The summed E-state index contributed by atoms with van der Waals surface area (Å²) in [5.41, 5.74) is 2.25. The SMILES string of the molecule is [2H]c1c([2H])c([2H])c(-c2cc(-c3c([2H])c([2H])c([2H])c([2H])c3[2H])c(-[n+]3[c-]n(-c4cccc(Oc5ccc6c7ccccc7n(-c7cc(C([2H])([2H])[2H])c(-c8c([2H])c([2H])c([2H])c([2H])c8[2H])cn7)c6c5)c4)c4cc(-c5cc(C(C)(C)C)cc(C(C)(C)C)c5)ccc43)c(-c3c([2H])c([2H])c([2H])c([2H])c3[2H])c2)c([2H])c1[2H]. The highest BCUT2D eigenvalue weighted by Crippen LogP contribution is 2.42. The van der Waals surface area contributed by atoms with Crippen LogP contribution in [0.5, 0.6) is 11.5 Å². The van der Waals surface area contributed by atoms with Gasteiger partial charge in [0.25, 0.3) is 6.33 Å². The molecule has 10 aromatic carbocycles. The third-order valence-electron chi connectivity index (χ3n) is 14.2. The van der Waals surface area contributed by atoms with E-state index >= 15 is 0 Å². The first kappa shape index (κ1) is 30.5. The average Bonchev–Trinajstić information content (AvgIpc) is 1.72. The lowest BCUT2D eigenvalue weighted by Crippen LogP contribution is -2.31. The van der Waals surface area contributed by atoms with Crippen LogP contribution in [0.3, 0.4) is 0 Å². The molecule has 3 aromatic heterocycles. The molecule has 0 amide bonds. The second kappa shape index (κ2) is 20.0. The fourth-order valence-electron chi connectivity index (χ4n) is 10.1. The number of hydrogen-bond donors (Lipinski definition) is 0. The predicted molar refractivity (Wildman–Crippen MR) is 332 cm³/mol. The van der Waals surface area contributed by atoms with Crippen LogP contribution >= 0.6 is 0 Å². The van der Waals surface area contributed by atoms with Crippen molar-refractivity contribution >= 4 is 32.8 Å². The molecule has 5 nitrogen and oxygen atoms in total. The summed E-state index contributed by atoms with van der Waals surface area (Å²) in [6.07, 6.45) is 4.67. The molecule has 0 aliphatic heterocycles. The van der Waals surface area contributed by atoms with E-state index in [-0.39, 0.29) is 61.5 Å². The fraction of sp³-hybridized carbons (Fsp3) is 0.120. The first-order valence-electron chi connectivity index (χ1n) is 37.3. The van der Waals surface area contributed by atoms with Crippen molar-refractivity contribution in [2.75, 3.05) is 0 Å². The molecule has 5 heteroatoms. The van der Waals surface area contributed by atoms with E-state index in [2.05, 4.69) is 66.1 Å². The Morgan fingerprint density at radius 3 is 1.68 bits per heavy atom. The maximum atomic E-state index is 9.55. The zero-order valence-corrected chi connectivity index (χ0v) is 44.3. The van der Waals surface area contributed by atoms with Gasteiger partial charge in [-0.25, -0.2) is 4.98 Å². The minimum Gasteiger partial charge on any atom is -0.458 e. The highest BCUT2D eigenvalue weighted by atomic mass is 16.5. The average molecular weight is 1060 g/mol. The summed E-state index contributed by atoms with van der Waals surface area (Å²) >= 11 is 0. The van der Waals surface area contributed by atoms with Crippen LogP contribution < -0.4 is 9.30 Å². The normalized spacial score (nSPS) is 16.1. The smallest absolute Gasteiger partial charge is 0.269 e. The molecule has 0 aliphatic rings. The molecule has 0 aliphatic carbocycles. The molecular formula is C75H62N4O. The number of rotatable bonds is 10. The van der Waals surface area contributed by atoms with Gasteiger partial charge in [-0.3, -0.25) is 13.7 Å². The lowest BCUT2D eigenvalue weighted by molar-refractivity contribution is -0.571. The maximum Gasteiger partial charge on any atom is 0.269 e. The summed E-state index contributed by atoms with van der Waals surface area (Å²) in [5.74, 6) is 0.681. The van der Waals surface area contributed by atoms with Gasteiger partial charge in [-0.15, -0.1) is 0 Å². The van der Waals surface area contributed by atoms with Crippen molar-refractivity contribution in [2.24, 2.45) is 0 Å². The topological polar surface area (TPSA) is 35.9 Å². The van der Waals surface area contributed by atoms with Crippen LogP contribution in [0.15, 0.2) is 248 Å². The van der Waals surface area contributed by atoms with Crippen molar-refractivity contribution in [1.29, 1.82) is 0 Å². The number of fused-ring (bicyclic) bond motifs is 4. The molecule has 388 valence electrons. The number of aryl methyl sites for hydroxylation is 1. The van der Waals surface area contributed by atoms with Gasteiger partial charge in [-0.1, -0.05) is 217 Å². The second-order valence-electron chi connectivity index (χ2n) is 21.4. The number of nitrogens with zero attached hydrogens (tertiary/aromatic N) is 4. The Balaban J connectivity index is 1.08. The lowest BCUT2D eigenvalue weighted by atomic mass is 9.79. The first-order chi connectivity index (χ1) is 48.3. The summed E-state index contributed by atoms with van der Waals surface area (Å²) in [4.78, 5) is 4.72. The number of ether oxygens (including phenoxy) is 1. The molecule has 0 saturated heterocycles. The van der Waals surface area contributed by atoms with E-state index in [0.717, 1.165) is 27.6 Å². The van der Waals surface area contributed by atoms with Crippen molar-refractivity contribution in [3.05, 3.63) is 271 Å². The number of imidazole rings is 1. The standard InChI is InChI=1S/C75H62N4O/c1-50-39-72(76-48-67(50)54-29-18-11-19-30-54)79-68-34-21-20-33-63(68)64-37-36-62(47-70(64)79)80-61-32-22-31-60(46-61)77-49-78(69-38-35-55(44-71(69)77)56-40-58(74(2,3)4)45-59(41-56)75(5,6)7)73-65(52-25-14-9-15-26-52)42-57(51-23-12-8-13-24-51)43-66(73)53-27-16-10-17-28-53/h8-48H,1-7H3/i1D3,8D,9D,10D,11D,12D,13D,14D,15D,16D,17D,18D,19D,23D,24D,25D,26D,27D,28D,29D,30D. The van der Waals surface area contributed by atoms with Gasteiger partial charge >= 0.3 is 0 Å². The van der Waals surface area contributed by atoms with E-state index < -0.39 is 144 Å². The van der Waals surface area contributed by atoms with Gasteiger partial charge < -0.3 is 4.74 Å². The van der Waals surface area contributed by atoms with Gasteiger partial charge in [0.1, 0.15) is 17.3 Å². The Morgan fingerprint density at radius 1 is 0.475 bits per heavy atom. The number of hydrogen-bond acceptors (Lipinski definition) is 2. The molecule has 13 rings (SSSR count). The lowest BCUT2D eigenvalue weighted by Gasteiger charge is -2.26. The summed E-state index contributed by atoms with van der Waals surface area (Å²) in [5, 5.41) is 1.47. The molecule has 0 saturated carbocycles. The van der Waals surface area contributed by atoms with E-state index in [1.807, 2.05) is 36.4 Å². The largest absolute Gasteiger partial charge is 0.458 e. The molecule has 0 bridgehead atoms. The van der Waals surface area contributed by atoms with Gasteiger partial charge in [0.2, 0.25) is 0 Å². The monoisotopic (exact) mass is 1060 g/mol.